The molecule has 0 aliphatic rings. The molecule has 1 atom stereocenters. The molecule has 1 unspecified atom stereocenters. The van der Waals surface area contributed by atoms with Crippen LogP contribution in [0.2, 0.25) is 0 Å². The van der Waals surface area contributed by atoms with Gasteiger partial charge in [-0.3, -0.25) is 0 Å². The molecule has 2 aromatic carbocycles. The molecule has 1 N–H and O–H groups in total. The summed E-state index contributed by atoms with van der Waals surface area (Å²) in [7, 11) is 2.00. The third kappa shape index (κ3) is 2.86. The first-order valence-electron chi connectivity index (χ1n) is 7.43. The Hall–Kier alpha value is -2.06. The van der Waals surface area contributed by atoms with Crippen molar-refractivity contribution < 1.29 is 4.42 Å². The molecule has 0 saturated heterocycles. The lowest BCUT2D eigenvalue weighted by Gasteiger charge is -2.09. The zero-order chi connectivity index (χ0) is 14.8. The Morgan fingerprint density at radius 1 is 1.10 bits per heavy atom. The summed E-state index contributed by atoms with van der Waals surface area (Å²) >= 11 is 0. The maximum Gasteiger partial charge on any atom is 0.137 e. The first kappa shape index (κ1) is 13.9. The fourth-order valence-electron chi connectivity index (χ4n) is 2.61. The van der Waals surface area contributed by atoms with Crippen molar-refractivity contribution in [2.45, 2.75) is 26.3 Å². The highest BCUT2D eigenvalue weighted by molar-refractivity contribution is 5.85. The van der Waals surface area contributed by atoms with Crippen molar-refractivity contribution in [1.29, 1.82) is 0 Å². The van der Waals surface area contributed by atoms with E-state index in [1.807, 2.05) is 7.05 Å². The quantitative estimate of drug-likeness (QED) is 0.757. The number of rotatable bonds is 4. The third-order valence-electron chi connectivity index (χ3n) is 4.01. The molecule has 3 aromatic rings. The SMILES string of the molecule is CNC(C)Cc1ccc(-c2cc3cccc(C)c3o2)cc1. The van der Waals surface area contributed by atoms with Crippen LogP contribution in [0.15, 0.2) is 52.9 Å². The van der Waals surface area contributed by atoms with E-state index in [0.29, 0.717) is 6.04 Å². The number of likely N-dealkylation sites (N-methyl/N-ethyl adjacent to an activating group) is 1. The maximum absolute atomic E-state index is 6.01. The Morgan fingerprint density at radius 2 is 1.86 bits per heavy atom. The van der Waals surface area contributed by atoms with Crippen LogP contribution in [-0.4, -0.2) is 13.1 Å². The predicted molar refractivity (Wildman–Crippen MR) is 88.6 cm³/mol. The van der Waals surface area contributed by atoms with Crippen LogP contribution in [0.3, 0.4) is 0 Å². The van der Waals surface area contributed by atoms with E-state index < -0.39 is 0 Å². The van der Waals surface area contributed by atoms with Gasteiger partial charge in [-0.2, -0.15) is 0 Å². The summed E-state index contributed by atoms with van der Waals surface area (Å²) in [4.78, 5) is 0. The molecule has 0 aliphatic carbocycles. The van der Waals surface area contributed by atoms with Crippen molar-refractivity contribution >= 4 is 11.0 Å². The van der Waals surface area contributed by atoms with Gasteiger partial charge in [0.2, 0.25) is 0 Å². The van der Waals surface area contributed by atoms with Crippen LogP contribution in [0.5, 0.6) is 0 Å². The maximum atomic E-state index is 6.01. The molecular weight excluding hydrogens is 258 g/mol. The zero-order valence-electron chi connectivity index (χ0n) is 12.8. The lowest BCUT2D eigenvalue weighted by molar-refractivity contribution is 0.608. The number of furan rings is 1. The number of fused-ring (bicyclic) bond motifs is 1. The number of hydrogen-bond acceptors (Lipinski definition) is 2. The third-order valence-corrected chi connectivity index (χ3v) is 4.01. The van der Waals surface area contributed by atoms with Crippen LogP contribution >= 0.6 is 0 Å². The molecule has 0 spiro atoms. The molecule has 1 aromatic heterocycles. The van der Waals surface area contributed by atoms with Gasteiger partial charge in [-0.1, -0.05) is 42.5 Å². The topological polar surface area (TPSA) is 25.2 Å². The predicted octanol–water partition coefficient (Wildman–Crippen LogP) is 4.56. The summed E-state index contributed by atoms with van der Waals surface area (Å²) < 4.78 is 6.01. The average molecular weight is 279 g/mol. The van der Waals surface area contributed by atoms with Gasteiger partial charge in [-0.05, 0) is 44.5 Å². The van der Waals surface area contributed by atoms with Crippen molar-refractivity contribution in [3.63, 3.8) is 0 Å². The van der Waals surface area contributed by atoms with Gasteiger partial charge in [0.1, 0.15) is 11.3 Å². The molecule has 0 saturated carbocycles. The summed E-state index contributed by atoms with van der Waals surface area (Å²) in [5.41, 5.74) is 4.64. The summed E-state index contributed by atoms with van der Waals surface area (Å²) in [5, 5.41) is 4.43. The molecule has 0 radical (unpaired) electrons. The van der Waals surface area contributed by atoms with Gasteiger partial charge in [-0.15, -0.1) is 0 Å². The Balaban J connectivity index is 1.90. The normalized spacial score (nSPS) is 12.7. The van der Waals surface area contributed by atoms with Gasteiger partial charge >= 0.3 is 0 Å². The molecule has 1 heterocycles. The summed E-state index contributed by atoms with van der Waals surface area (Å²) in [6, 6.07) is 17.5. The van der Waals surface area contributed by atoms with E-state index in [9.17, 15) is 0 Å². The van der Waals surface area contributed by atoms with Crippen molar-refractivity contribution in [3.8, 4) is 11.3 Å². The average Bonchev–Trinajstić information content (AvgIpc) is 2.93. The Labute approximate surface area is 125 Å². The standard InChI is InChI=1S/C19H21NO/c1-13-5-4-6-17-12-18(21-19(13)17)16-9-7-15(8-10-16)11-14(2)20-3/h4-10,12,14,20H,11H2,1-3H3. The van der Waals surface area contributed by atoms with Crippen molar-refractivity contribution in [2.75, 3.05) is 7.05 Å². The fraction of sp³-hybridized carbons (Fsp3) is 0.263. The molecule has 2 heteroatoms. The van der Waals surface area contributed by atoms with E-state index in [0.717, 1.165) is 28.7 Å². The molecular formula is C19H21NO. The molecule has 108 valence electrons. The zero-order valence-corrected chi connectivity index (χ0v) is 12.8. The fourth-order valence-corrected chi connectivity index (χ4v) is 2.61. The Kier molecular flexibility index (Phi) is 3.80. The highest BCUT2D eigenvalue weighted by atomic mass is 16.3. The summed E-state index contributed by atoms with van der Waals surface area (Å²) in [6.07, 6.45) is 1.04. The van der Waals surface area contributed by atoms with Gasteiger partial charge in [-0.25, -0.2) is 0 Å². The van der Waals surface area contributed by atoms with Crippen LogP contribution in [0.4, 0.5) is 0 Å². The smallest absolute Gasteiger partial charge is 0.137 e. The minimum absolute atomic E-state index is 0.490. The van der Waals surface area contributed by atoms with Crippen molar-refractivity contribution in [2.24, 2.45) is 0 Å². The molecule has 2 nitrogen and oxygen atoms in total. The number of nitrogens with one attached hydrogen (secondary N) is 1. The molecule has 0 bridgehead atoms. The minimum Gasteiger partial charge on any atom is -0.456 e. The molecule has 0 amide bonds. The van der Waals surface area contributed by atoms with Gasteiger partial charge in [0.25, 0.3) is 0 Å². The van der Waals surface area contributed by atoms with E-state index >= 15 is 0 Å². The van der Waals surface area contributed by atoms with E-state index in [-0.39, 0.29) is 0 Å². The first-order chi connectivity index (χ1) is 10.2. The second kappa shape index (κ2) is 5.74. The van der Waals surface area contributed by atoms with Crippen LogP contribution in [0.1, 0.15) is 18.1 Å². The van der Waals surface area contributed by atoms with E-state index in [1.54, 1.807) is 0 Å². The highest BCUT2D eigenvalue weighted by Crippen LogP contribution is 2.29. The van der Waals surface area contributed by atoms with E-state index in [1.165, 1.54) is 11.1 Å². The number of hydrogen-bond donors (Lipinski definition) is 1. The molecule has 3 rings (SSSR count). The molecule has 0 fully saturated rings. The van der Waals surface area contributed by atoms with E-state index in [4.69, 9.17) is 4.42 Å². The second-order valence-corrected chi connectivity index (χ2v) is 5.69. The largest absolute Gasteiger partial charge is 0.456 e. The number of benzene rings is 2. The van der Waals surface area contributed by atoms with Gasteiger partial charge < -0.3 is 9.73 Å². The number of para-hydroxylation sites is 1. The van der Waals surface area contributed by atoms with Crippen LogP contribution in [0, 0.1) is 6.92 Å². The van der Waals surface area contributed by atoms with Gasteiger partial charge in [0, 0.05) is 17.0 Å². The van der Waals surface area contributed by atoms with Crippen LogP contribution in [-0.2, 0) is 6.42 Å². The molecule has 21 heavy (non-hydrogen) atoms. The summed E-state index contributed by atoms with van der Waals surface area (Å²) in [6.45, 7) is 4.27. The second-order valence-electron chi connectivity index (χ2n) is 5.69. The van der Waals surface area contributed by atoms with E-state index in [2.05, 4.69) is 67.7 Å². The lowest BCUT2D eigenvalue weighted by Crippen LogP contribution is -2.23. The minimum atomic E-state index is 0.490. The lowest BCUT2D eigenvalue weighted by atomic mass is 10.0. The van der Waals surface area contributed by atoms with Crippen molar-refractivity contribution in [3.05, 3.63) is 59.7 Å². The Morgan fingerprint density at radius 3 is 2.52 bits per heavy atom. The highest BCUT2D eigenvalue weighted by Gasteiger charge is 2.08. The van der Waals surface area contributed by atoms with Gasteiger partial charge in [0.15, 0.2) is 0 Å². The Bertz CT molecular complexity index is 740. The van der Waals surface area contributed by atoms with Crippen LogP contribution in [0.25, 0.3) is 22.3 Å². The summed E-state index contributed by atoms with van der Waals surface area (Å²) in [5.74, 6) is 0.938. The monoisotopic (exact) mass is 279 g/mol. The van der Waals surface area contributed by atoms with Crippen LogP contribution < -0.4 is 5.32 Å². The van der Waals surface area contributed by atoms with Crippen molar-refractivity contribution in [1.82, 2.24) is 5.32 Å². The molecule has 0 aliphatic heterocycles. The first-order valence-corrected chi connectivity index (χ1v) is 7.43. The van der Waals surface area contributed by atoms with Gasteiger partial charge in [0.05, 0.1) is 0 Å². The number of aryl methyl sites for hydroxylation is 1.